The van der Waals surface area contributed by atoms with Crippen molar-refractivity contribution < 1.29 is 0 Å². The highest BCUT2D eigenvalue weighted by atomic mass is 15.1. The topological polar surface area (TPSA) is 54.2 Å². The van der Waals surface area contributed by atoms with Crippen molar-refractivity contribution in [3.05, 3.63) is 18.2 Å². The zero-order chi connectivity index (χ0) is 12.1. The van der Waals surface area contributed by atoms with Crippen molar-refractivity contribution >= 4 is 11.6 Å². The van der Waals surface area contributed by atoms with E-state index in [2.05, 4.69) is 22.2 Å². The lowest BCUT2D eigenvalue weighted by Crippen LogP contribution is -2.30. The third-order valence-electron chi connectivity index (χ3n) is 3.47. The SMILES string of the molecule is CN1CCC(CCNc2cccc(N)n2)CC1. The normalized spacial score (nSPS) is 18.2. The molecule has 0 aliphatic carbocycles. The van der Waals surface area contributed by atoms with E-state index in [1.54, 1.807) is 0 Å². The summed E-state index contributed by atoms with van der Waals surface area (Å²) >= 11 is 0. The van der Waals surface area contributed by atoms with Crippen molar-refractivity contribution in [2.75, 3.05) is 37.7 Å². The summed E-state index contributed by atoms with van der Waals surface area (Å²) in [6, 6.07) is 5.70. The van der Waals surface area contributed by atoms with Gasteiger partial charge in [-0.05, 0) is 57.5 Å². The minimum atomic E-state index is 0.578. The smallest absolute Gasteiger partial charge is 0.128 e. The van der Waals surface area contributed by atoms with Gasteiger partial charge in [0, 0.05) is 6.54 Å². The van der Waals surface area contributed by atoms with Crippen LogP contribution in [0.1, 0.15) is 19.3 Å². The number of nitrogens with one attached hydrogen (secondary N) is 1. The van der Waals surface area contributed by atoms with Crippen LogP contribution in [0.5, 0.6) is 0 Å². The van der Waals surface area contributed by atoms with E-state index in [1.807, 2.05) is 18.2 Å². The minimum Gasteiger partial charge on any atom is -0.384 e. The minimum absolute atomic E-state index is 0.578. The number of hydrogen-bond donors (Lipinski definition) is 2. The van der Waals surface area contributed by atoms with Gasteiger partial charge in [0.1, 0.15) is 11.6 Å². The number of anilines is 2. The second-order valence-corrected chi connectivity index (χ2v) is 4.91. The average Bonchev–Trinajstić information content (AvgIpc) is 2.32. The van der Waals surface area contributed by atoms with Crippen molar-refractivity contribution in [3.63, 3.8) is 0 Å². The Kier molecular flexibility index (Phi) is 4.20. The summed E-state index contributed by atoms with van der Waals surface area (Å²) in [4.78, 5) is 6.63. The molecular formula is C13H22N4. The molecule has 94 valence electrons. The van der Waals surface area contributed by atoms with Crippen LogP contribution in [0.15, 0.2) is 18.2 Å². The lowest BCUT2D eigenvalue weighted by molar-refractivity contribution is 0.215. The molecule has 0 saturated carbocycles. The molecule has 1 aliphatic heterocycles. The molecule has 0 aromatic carbocycles. The molecule has 2 heterocycles. The molecule has 1 aliphatic rings. The summed E-state index contributed by atoms with van der Waals surface area (Å²) in [6.07, 6.45) is 3.87. The van der Waals surface area contributed by atoms with E-state index in [1.165, 1.54) is 32.4 Å². The third-order valence-corrected chi connectivity index (χ3v) is 3.47. The van der Waals surface area contributed by atoms with Gasteiger partial charge in [-0.1, -0.05) is 6.07 Å². The third kappa shape index (κ3) is 3.89. The molecule has 1 saturated heterocycles. The number of nitrogens with two attached hydrogens (primary N) is 1. The summed E-state index contributed by atoms with van der Waals surface area (Å²) < 4.78 is 0. The Morgan fingerprint density at radius 3 is 2.88 bits per heavy atom. The molecule has 0 radical (unpaired) electrons. The fourth-order valence-corrected chi connectivity index (χ4v) is 2.31. The lowest BCUT2D eigenvalue weighted by atomic mass is 9.94. The Hall–Kier alpha value is -1.29. The van der Waals surface area contributed by atoms with Crippen LogP contribution < -0.4 is 11.1 Å². The first-order chi connectivity index (χ1) is 8.24. The van der Waals surface area contributed by atoms with Crippen molar-refractivity contribution in [3.8, 4) is 0 Å². The number of aromatic nitrogens is 1. The monoisotopic (exact) mass is 234 g/mol. The van der Waals surface area contributed by atoms with Crippen molar-refractivity contribution in [1.82, 2.24) is 9.88 Å². The zero-order valence-electron chi connectivity index (χ0n) is 10.5. The summed E-state index contributed by atoms with van der Waals surface area (Å²) in [7, 11) is 2.20. The molecule has 17 heavy (non-hydrogen) atoms. The summed E-state index contributed by atoms with van der Waals surface area (Å²) in [6.45, 7) is 3.47. The second-order valence-electron chi connectivity index (χ2n) is 4.91. The Bertz CT molecular complexity index is 345. The van der Waals surface area contributed by atoms with E-state index < -0.39 is 0 Å². The molecular weight excluding hydrogens is 212 g/mol. The van der Waals surface area contributed by atoms with Gasteiger partial charge in [-0.15, -0.1) is 0 Å². The summed E-state index contributed by atoms with van der Waals surface area (Å²) in [5.41, 5.74) is 5.63. The number of nitrogens with zero attached hydrogens (tertiary/aromatic N) is 2. The van der Waals surface area contributed by atoms with E-state index in [0.29, 0.717) is 5.82 Å². The first kappa shape index (κ1) is 12.2. The van der Waals surface area contributed by atoms with Crippen LogP contribution in [0.2, 0.25) is 0 Å². The molecule has 0 atom stereocenters. The highest BCUT2D eigenvalue weighted by molar-refractivity contribution is 5.41. The Morgan fingerprint density at radius 1 is 1.41 bits per heavy atom. The molecule has 1 aromatic heterocycles. The highest BCUT2D eigenvalue weighted by Crippen LogP contribution is 2.19. The van der Waals surface area contributed by atoms with Gasteiger partial charge < -0.3 is 16.0 Å². The van der Waals surface area contributed by atoms with E-state index in [-0.39, 0.29) is 0 Å². The van der Waals surface area contributed by atoms with Gasteiger partial charge in [0.05, 0.1) is 0 Å². The first-order valence-corrected chi connectivity index (χ1v) is 6.39. The number of pyridine rings is 1. The molecule has 0 unspecified atom stereocenters. The van der Waals surface area contributed by atoms with Crippen LogP contribution >= 0.6 is 0 Å². The molecule has 3 N–H and O–H groups in total. The first-order valence-electron chi connectivity index (χ1n) is 6.39. The van der Waals surface area contributed by atoms with E-state index in [4.69, 9.17) is 5.73 Å². The molecule has 0 bridgehead atoms. The highest BCUT2D eigenvalue weighted by Gasteiger charge is 2.15. The van der Waals surface area contributed by atoms with E-state index in [0.717, 1.165) is 18.3 Å². The predicted octanol–water partition coefficient (Wildman–Crippen LogP) is 1.81. The van der Waals surface area contributed by atoms with Crippen LogP contribution in [0, 0.1) is 5.92 Å². The maximum atomic E-state index is 5.63. The van der Waals surface area contributed by atoms with Crippen LogP contribution in [0.25, 0.3) is 0 Å². The predicted molar refractivity (Wildman–Crippen MR) is 72.0 cm³/mol. The molecule has 4 heteroatoms. The molecule has 4 nitrogen and oxygen atoms in total. The van der Waals surface area contributed by atoms with E-state index in [9.17, 15) is 0 Å². The van der Waals surface area contributed by atoms with Gasteiger partial charge in [0.2, 0.25) is 0 Å². The van der Waals surface area contributed by atoms with Gasteiger partial charge in [0.25, 0.3) is 0 Å². The van der Waals surface area contributed by atoms with Gasteiger partial charge in [-0.25, -0.2) is 4.98 Å². The molecule has 2 rings (SSSR count). The molecule has 1 aromatic rings. The summed E-state index contributed by atoms with van der Waals surface area (Å²) in [5, 5.41) is 3.34. The lowest BCUT2D eigenvalue weighted by Gasteiger charge is -2.28. The zero-order valence-corrected chi connectivity index (χ0v) is 10.5. The molecule has 0 spiro atoms. The maximum Gasteiger partial charge on any atom is 0.128 e. The number of hydrogen-bond acceptors (Lipinski definition) is 4. The standard InChI is InChI=1S/C13H22N4/c1-17-9-6-11(7-10-17)5-8-15-13-4-2-3-12(14)16-13/h2-4,11H,5-10H2,1H3,(H3,14,15,16). The second kappa shape index (κ2) is 5.87. The number of piperidine rings is 1. The van der Waals surface area contributed by atoms with Gasteiger partial charge in [0.15, 0.2) is 0 Å². The average molecular weight is 234 g/mol. The Labute approximate surface area is 103 Å². The van der Waals surface area contributed by atoms with Gasteiger partial charge in [-0.3, -0.25) is 0 Å². The quantitative estimate of drug-likeness (QED) is 0.834. The van der Waals surface area contributed by atoms with Crippen LogP contribution in [0.3, 0.4) is 0 Å². The fourth-order valence-electron chi connectivity index (χ4n) is 2.31. The summed E-state index contributed by atoms with van der Waals surface area (Å²) in [5.74, 6) is 2.33. The van der Waals surface area contributed by atoms with Gasteiger partial charge >= 0.3 is 0 Å². The van der Waals surface area contributed by atoms with Crippen LogP contribution in [-0.4, -0.2) is 36.6 Å². The number of likely N-dealkylation sites (tertiary alicyclic amines) is 1. The van der Waals surface area contributed by atoms with Crippen LogP contribution in [-0.2, 0) is 0 Å². The van der Waals surface area contributed by atoms with Crippen molar-refractivity contribution in [1.29, 1.82) is 0 Å². The largest absolute Gasteiger partial charge is 0.384 e. The fraction of sp³-hybridized carbons (Fsp3) is 0.615. The van der Waals surface area contributed by atoms with Crippen molar-refractivity contribution in [2.45, 2.75) is 19.3 Å². The number of rotatable bonds is 4. The van der Waals surface area contributed by atoms with Crippen LogP contribution in [0.4, 0.5) is 11.6 Å². The van der Waals surface area contributed by atoms with Crippen molar-refractivity contribution in [2.24, 2.45) is 5.92 Å². The van der Waals surface area contributed by atoms with E-state index >= 15 is 0 Å². The number of nitrogen functional groups attached to an aromatic ring is 1. The Morgan fingerprint density at radius 2 is 2.18 bits per heavy atom. The maximum absolute atomic E-state index is 5.63. The molecule has 0 amide bonds. The van der Waals surface area contributed by atoms with Gasteiger partial charge in [-0.2, -0.15) is 0 Å². The molecule has 1 fully saturated rings. The Balaban J connectivity index is 1.69.